The van der Waals surface area contributed by atoms with Gasteiger partial charge in [-0.15, -0.1) is 0 Å². The largest absolute Gasteiger partial charge is 0.335 e. The normalized spacial score (nSPS) is 22.8. The fourth-order valence-corrected chi connectivity index (χ4v) is 2.68. The zero-order valence-electron chi connectivity index (χ0n) is 12.6. The lowest BCUT2D eigenvalue weighted by atomic mass is 9.82. The average Bonchev–Trinajstić information content (AvgIpc) is 2.37. The Hall–Kier alpha value is -1.55. The summed E-state index contributed by atoms with van der Waals surface area (Å²) in [4.78, 5) is 11.9. The number of amides is 2. The van der Waals surface area contributed by atoms with Gasteiger partial charge in [0, 0.05) is 17.8 Å². The molecule has 1 saturated carbocycles. The van der Waals surface area contributed by atoms with Gasteiger partial charge in [0.2, 0.25) is 0 Å². The van der Waals surface area contributed by atoms with Crippen molar-refractivity contribution >= 4 is 11.7 Å². The van der Waals surface area contributed by atoms with Gasteiger partial charge in [0.15, 0.2) is 0 Å². The molecular weight excluding hydrogens is 250 g/mol. The fourth-order valence-electron chi connectivity index (χ4n) is 2.68. The highest BCUT2D eigenvalue weighted by atomic mass is 16.2. The lowest BCUT2D eigenvalue weighted by molar-refractivity contribution is 0.219. The number of nitrogens with one attached hydrogen (secondary N) is 3. The minimum atomic E-state index is -0.102. The molecule has 4 nitrogen and oxygen atoms in total. The van der Waals surface area contributed by atoms with Gasteiger partial charge >= 0.3 is 6.03 Å². The van der Waals surface area contributed by atoms with E-state index in [1.807, 2.05) is 18.2 Å². The van der Waals surface area contributed by atoms with Crippen LogP contribution in [0.25, 0.3) is 0 Å². The maximum atomic E-state index is 11.9. The summed E-state index contributed by atoms with van der Waals surface area (Å²) in [7, 11) is 0. The number of hydrogen-bond donors (Lipinski definition) is 3. The molecule has 1 aliphatic rings. The highest BCUT2D eigenvalue weighted by molar-refractivity contribution is 5.89. The van der Waals surface area contributed by atoms with Crippen LogP contribution in [0.3, 0.4) is 0 Å². The summed E-state index contributed by atoms with van der Waals surface area (Å²) in [5.41, 5.74) is 2.03. The molecule has 1 fully saturated rings. The smallest absolute Gasteiger partial charge is 0.319 e. The van der Waals surface area contributed by atoms with Crippen molar-refractivity contribution in [3.8, 4) is 0 Å². The van der Waals surface area contributed by atoms with E-state index in [4.69, 9.17) is 0 Å². The van der Waals surface area contributed by atoms with Crippen molar-refractivity contribution in [2.75, 3.05) is 11.9 Å². The first kappa shape index (κ1) is 14.9. The van der Waals surface area contributed by atoms with E-state index in [0.29, 0.717) is 6.04 Å². The Morgan fingerprint density at radius 1 is 1.40 bits per heavy atom. The number of benzene rings is 1. The van der Waals surface area contributed by atoms with Gasteiger partial charge < -0.3 is 16.0 Å². The average molecular weight is 275 g/mol. The number of carbonyl (C=O) groups excluding carboxylic acids is 1. The summed E-state index contributed by atoms with van der Waals surface area (Å²) in [6.07, 6.45) is 2.18. The Morgan fingerprint density at radius 2 is 2.15 bits per heavy atom. The second-order valence-electron chi connectivity index (χ2n) is 5.78. The predicted octanol–water partition coefficient (Wildman–Crippen LogP) is 3.28. The van der Waals surface area contributed by atoms with Crippen molar-refractivity contribution in [2.24, 2.45) is 5.92 Å². The lowest BCUT2D eigenvalue weighted by Crippen LogP contribution is -2.45. The molecule has 0 heterocycles. The highest BCUT2D eigenvalue weighted by Crippen LogP contribution is 2.26. The molecule has 2 rings (SSSR count). The van der Waals surface area contributed by atoms with Gasteiger partial charge in [0.1, 0.15) is 0 Å². The standard InChI is InChI=1S/C16H25N3O/c1-4-17-12(3)13-6-5-7-14(10-13)18-16(20)19-15-8-11(2)9-15/h5-7,10-12,15,17H,4,8-9H2,1-3H3,(H2,18,19,20). The number of rotatable bonds is 5. The van der Waals surface area contributed by atoms with Crippen molar-refractivity contribution in [1.29, 1.82) is 0 Å². The Morgan fingerprint density at radius 3 is 2.80 bits per heavy atom. The Kier molecular flexibility index (Phi) is 5.01. The summed E-state index contributed by atoms with van der Waals surface area (Å²) in [5.74, 6) is 0.740. The van der Waals surface area contributed by atoms with Gasteiger partial charge in [-0.05, 0) is 49.9 Å². The van der Waals surface area contributed by atoms with Gasteiger partial charge in [-0.3, -0.25) is 0 Å². The van der Waals surface area contributed by atoms with Crippen LogP contribution in [-0.2, 0) is 0 Å². The summed E-state index contributed by atoms with van der Waals surface area (Å²) < 4.78 is 0. The van der Waals surface area contributed by atoms with Crippen LogP contribution in [0.15, 0.2) is 24.3 Å². The molecule has 1 unspecified atom stereocenters. The minimum Gasteiger partial charge on any atom is -0.335 e. The molecule has 20 heavy (non-hydrogen) atoms. The lowest BCUT2D eigenvalue weighted by Gasteiger charge is -2.33. The third-order valence-electron chi connectivity index (χ3n) is 3.86. The minimum absolute atomic E-state index is 0.102. The van der Waals surface area contributed by atoms with E-state index in [1.54, 1.807) is 0 Å². The second-order valence-corrected chi connectivity index (χ2v) is 5.78. The van der Waals surface area contributed by atoms with E-state index < -0.39 is 0 Å². The van der Waals surface area contributed by atoms with Gasteiger partial charge in [0.25, 0.3) is 0 Å². The zero-order valence-corrected chi connectivity index (χ0v) is 12.6. The zero-order chi connectivity index (χ0) is 14.5. The van der Waals surface area contributed by atoms with Crippen LogP contribution in [0.2, 0.25) is 0 Å². The van der Waals surface area contributed by atoms with Gasteiger partial charge in [0.05, 0.1) is 0 Å². The van der Waals surface area contributed by atoms with Crippen molar-refractivity contribution in [3.05, 3.63) is 29.8 Å². The van der Waals surface area contributed by atoms with Gasteiger partial charge in [-0.25, -0.2) is 4.79 Å². The Balaban J connectivity index is 1.88. The van der Waals surface area contributed by atoms with E-state index in [-0.39, 0.29) is 12.1 Å². The summed E-state index contributed by atoms with van der Waals surface area (Å²) >= 11 is 0. The first-order valence-corrected chi connectivity index (χ1v) is 7.49. The van der Waals surface area contributed by atoms with E-state index in [0.717, 1.165) is 31.0 Å². The topological polar surface area (TPSA) is 53.2 Å². The highest BCUT2D eigenvalue weighted by Gasteiger charge is 2.26. The van der Waals surface area contributed by atoms with Crippen LogP contribution in [0.4, 0.5) is 10.5 Å². The SMILES string of the molecule is CCNC(C)c1cccc(NC(=O)NC2CC(C)C2)c1. The number of carbonyl (C=O) groups is 1. The molecule has 1 aromatic rings. The molecule has 0 aromatic heterocycles. The molecule has 1 atom stereocenters. The van der Waals surface area contributed by atoms with Crippen molar-refractivity contribution in [2.45, 2.75) is 45.7 Å². The van der Waals surface area contributed by atoms with Crippen LogP contribution in [0, 0.1) is 5.92 Å². The van der Waals surface area contributed by atoms with Crippen LogP contribution >= 0.6 is 0 Å². The number of hydrogen-bond acceptors (Lipinski definition) is 2. The first-order valence-electron chi connectivity index (χ1n) is 7.49. The van der Waals surface area contributed by atoms with Crippen molar-refractivity contribution in [3.63, 3.8) is 0 Å². The third kappa shape index (κ3) is 3.97. The molecular formula is C16H25N3O. The quantitative estimate of drug-likeness (QED) is 0.772. The molecule has 0 saturated heterocycles. The number of urea groups is 1. The Bertz CT molecular complexity index is 455. The molecule has 0 radical (unpaired) electrons. The molecule has 3 N–H and O–H groups in total. The van der Waals surface area contributed by atoms with Crippen LogP contribution in [-0.4, -0.2) is 18.6 Å². The first-order chi connectivity index (χ1) is 9.58. The maximum absolute atomic E-state index is 11.9. The fraction of sp³-hybridized carbons (Fsp3) is 0.562. The van der Waals surface area contributed by atoms with Crippen LogP contribution in [0.1, 0.15) is 45.2 Å². The second kappa shape index (κ2) is 6.75. The third-order valence-corrected chi connectivity index (χ3v) is 3.86. The molecule has 1 aliphatic carbocycles. The van der Waals surface area contributed by atoms with E-state index in [2.05, 4.69) is 42.8 Å². The van der Waals surface area contributed by atoms with Crippen LogP contribution in [0.5, 0.6) is 0 Å². The van der Waals surface area contributed by atoms with Crippen LogP contribution < -0.4 is 16.0 Å². The van der Waals surface area contributed by atoms with E-state index in [1.165, 1.54) is 5.56 Å². The molecule has 2 amide bonds. The van der Waals surface area contributed by atoms with Crippen molar-refractivity contribution in [1.82, 2.24) is 10.6 Å². The molecule has 0 aliphatic heterocycles. The predicted molar refractivity (Wildman–Crippen MR) is 82.9 cm³/mol. The molecule has 110 valence electrons. The van der Waals surface area contributed by atoms with E-state index >= 15 is 0 Å². The molecule has 0 bridgehead atoms. The van der Waals surface area contributed by atoms with Gasteiger partial charge in [-0.1, -0.05) is 26.0 Å². The maximum Gasteiger partial charge on any atom is 0.319 e. The van der Waals surface area contributed by atoms with Gasteiger partial charge in [-0.2, -0.15) is 0 Å². The van der Waals surface area contributed by atoms with Crippen molar-refractivity contribution < 1.29 is 4.79 Å². The Labute approximate surface area is 121 Å². The summed E-state index contributed by atoms with van der Waals surface area (Å²) in [6.45, 7) is 7.35. The molecule has 0 spiro atoms. The summed E-state index contributed by atoms with van der Waals surface area (Å²) in [5, 5.41) is 9.29. The number of anilines is 1. The molecule has 1 aromatic carbocycles. The summed E-state index contributed by atoms with van der Waals surface area (Å²) in [6, 6.07) is 8.52. The molecule has 4 heteroatoms. The monoisotopic (exact) mass is 275 g/mol. The van der Waals surface area contributed by atoms with E-state index in [9.17, 15) is 4.79 Å².